The smallest absolute Gasteiger partial charge is 0.220 e. The number of hydrogen-bond acceptors (Lipinski definition) is 3. The molecule has 1 aromatic rings. The first kappa shape index (κ1) is 20.2. The van der Waals surface area contributed by atoms with Crippen LogP contribution in [0.4, 0.5) is 8.78 Å². The molecule has 2 rings (SSSR count). The molecule has 2 unspecified atom stereocenters. The van der Waals surface area contributed by atoms with E-state index in [0.717, 1.165) is 36.8 Å². The zero-order chi connectivity index (χ0) is 15.9. The Balaban J connectivity index is 0.00000264. The number of carbonyl (C=O) groups is 1. The Morgan fingerprint density at radius 2 is 2.17 bits per heavy atom. The van der Waals surface area contributed by atoms with Gasteiger partial charge in [0.1, 0.15) is 0 Å². The van der Waals surface area contributed by atoms with E-state index in [-0.39, 0.29) is 30.3 Å². The molecule has 1 saturated heterocycles. The maximum atomic E-state index is 13.4. The molecule has 0 spiro atoms. The van der Waals surface area contributed by atoms with Gasteiger partial charge < -0.3 is 10.6 Å². The van der Waals surface area contributed by atoms with Crippen LogP contribution in [0.15, 0.2) is 18.2 Å². The molecule has 1 aliphatic heterocycles. The molecule has 0 bridgehead atoms. The summed E-state index contributed by atoms with van der Waals surface area (Å²) in [7, 11) is 0. The van der Waals surface area contributed by atoms with Gasteiger partial charge in [0, 0.05) is 24.9 Å². The topological polar surface area (TPSA) is 41.1 Å². The van der Waals surface area contributed by atoms with E-state index in [0.29, 0.717) is 13.0 Å². The third kappa shape index (κ3) is 5.94. The van der Waals surface area contributed by atoms with Crippen LogP contribution >= 0.6 is 24.2 Å². The summed E-state index contributed by atoms with van der Waals surface area (Å²) in [6, 6.07) is 3.93. The fraction of sp³-hybridized carbons (Fsp3) is 0.562. The van der Waals surface area contributed by atoms with Gasteiger partial charge >= 0.3 is 0 Å². The number of piperidine rings is 1. The second-order valence-corrected chi connectivity index (χ2v) is 6.53. The summed E-state index contributed by atoms with van der Waals surface area (Å²) in [6.45, 7) is 1.46. The predicted molar refractivity (Wildman–Crippen MR) is 93.4 cm³/mol. The fourth-order valence-corrected chi connectivity index (χ4v) is 3.24. The van der Waals surface area contributed by atoms with Crippen molar-refractivity contribution in [1.29, 1.82) is 0 Å². The molecule has 1 fully saturated rings. The number of nitrogens with one attached hydrogen (secondary N) is 2. The van der Waals surface area contributed by atoms with Crippen LogP contribution in [-0.4, -0.2) is 37.0 Å². The molecular weight excluding hydrogens is 342 g/mol. The summed E-state index contributed by atoms with van der Waals surface area (Å²) in [6.07, 6.45) is 4.16. The summed E-state index contributed by atoms with van der Waals surface area (Å²) >= 11 is 1.72. The third-order valence-corrected chi connectivity index (χ3v) is 4.65. The lowest BCUT2D eigenvalue weighted by atomic mass is 9.86. The van der Waals surface area contributed by atoms with Gasteiger partial charge in [-0.2, -0.15) is 11.8 Å². The van der Waals surface area contributed by atoms with Gasteiger partial charge in [-0.3, -0.25) is 4.79 Å². The quantitative estimate of drug-likeness (QED) is 0.762. The van der Waals surface area contributed by atoms with Crippen LogP contribution in [0.25, 0.3) is 0 Å². The van der Waals surface area contributed by atoms with Crippen LogP contribution in [0.5, 0.6) is 0 Å². The van der Waals surface area contributed by atoms with Gasteiger partial charge in [-0.25, -0.2) is 8.78 Å². The van der Waals surface area contributed by atoms with Crippen molar-refractivity contribution in [2.45, 2.75) is 31.2 Å². The Bertz CT molecular complexity index is 519. The van der Waals surface area contributed by atoms with Crippen molar-refractivity contribution in [2.75, 3.05) is 25.1 Å². The van der Waals surface area contributed by atoms with Crippen molar-refractivity contribution >= 4 is 30.1 Å². The molecule has 1 amide bonds. The van der Waals surface area contributed by atoms with E-state index in [1.165, 1.54) is 6.07 Å². The Labute approximate surface area is 146 Å². The first-order valence-electron chi connectivity index (χ1n) is 7.55. The van der Waals surface area contributed by atoms with Crippen molar-refractivity contribution < 1.29 is 13.6 Å². The molecular formula is C16H23ClF2N2OS. The third-order valence-electron chi connectivity index (χ3n) is 3.95. The van der Waals surface area contributed by atoms with E-state index in [4.69, 9.17) is 0 Å². The van der Waals surface area contributed by atoms with Gasteiger partial charge in [0.2, 0.25) is 5.91 Å². The maximum Gasteiger partial charge on any atom is 0.220 e. The molecule has 2 N–H and O–H groups in total. The first-order chi connectivity index (χ1) is 10.6. The number of benzene rings is 1. The lowest BCUT2D eigenvalue weighted by molar-refractivity contribution is -0.122. The van der Waals surface area contributed by atoms with Gasteiger partial charge in [-0.1, -0.05) is 6.07 Å². The molecule has 0 aliphatic carbocycles. The summed E-state index contributed by atoms with van der Waals surface area (Å²) in [5, 5.41) is 6.28. The molecule has 7 heteroatoms. The Kier molecular flexibility index (Phi) is 8.87. The summed E-state index contributed by atoms with van der Waals surface area (Å²) in [4.78, 5) is 12.0. The van der Waals surface area contributed by atoms with Crippen molar-refractivity contribution in [3.05, 3.63) is 35.4 Å². The van der Waals surface area contributed by atoms with Crippen LogP contribution in [-0.2, 0) is 4.79 Å². The van der Waals surface area contributed by atoms with Crippen molar-refractivity contribution in [3.8, 4) is 0 Å². The number of carbonyl (C=O) groups excluding carboxylic acids is 1. The van der Waals surface area contributed by atoms with Gasteiger partial charge in [-0.15, -0.1) is 12.4 Å². The SMILES string of the molecule is CSCCCC(=O)NC1CNCCC1c1ccc(F)c(F)c1.Cl. The molecule has 130 valence electrons. The molecule has 0 aromatic heterocycles. The van der Waals surface area contributed by atoms with E-state index in [9.17, 15) is 13.6 Å². The van der Waals surface area contributed by atoms with E-state index < -0.39 is 11.6 Å². The minimum absolute atomic E-state index is 0. The van der Waals surface area contributed by atoms with Crippen LogP contribution < -0.4 is 10.6 Å². The van der Waals surface area contributed by atoms with Crippen LogP contribution in [0.2, 0.25) is 0 Å². The van der Waals surface area contributed by atoms with Crippen LogP contribution in [0.1, 0.15) is 30.7 Å². The van der Waals surface area contributed by atoms with Gasteiger partial charge in [-0.05, 0) is 49.1 Å². The lowest BCUT2D eigenvalue weighted by Crippen LogP contribution is -2.50. The molecule has 1 heterocycles. The van der Waals surface area contributed by atoms with Crippen LogP contribution in [0.3, 0.4) is 0 Å². The predicted octanol–water partition coefficient (Wildman–Crippen LogP) is 3.09. The molecule has 1 aliphatic rings. The minimum Gasteiger partial charge on any atom is -0.351 e. The standard InChI is InChI=1S/C16H22F2N2OS.ClH/c1-22-8-2-3-16(21)20-15-10-19-7-6-12(15)11-4-5-13(17)14(18)9-11;/h4-5,9,12,15,19H,2-3,6-8,10H2,1H3,(H,20,21);1H. The number of thioether (sulfide) groups is 1. The van der Waals surface area contributed by atoms with E-state index >= 15 is 0 Å². The van der Waals surface area contributed by atoms with Gasteiger partial charge in [0.05, 0.1) is 0 Å². The van der Waals surface area contributed by atoms with E-state index in [2.05, 4.69) is 10.6 Å². The highest BCUT2D eigenvalue weighted by molar-refractivity contribution is 7.98. The molecule has 0 saturated carbocycles. The normalized spacial score (nSPS) is 20.7. The Hall–Kier alpha value is -0.850. The first-order valence-corrected chi connectivity index (χ1v) is 8.95. The minimum atomic E-state index is -0.838. The largest absolute Gasteiger partial charge is 0.351 e. The lowest BCUT2D eigenvalue weighted by Gasteiger charge is -2.33. The van der Waals surface area contributed by atoms with Crippen molar-refractivity contribution in [3.63, 3.8) is 0 Å². The molecule has 1 aromatic carbocycles. The fourth-order valence-electron chi connectivity index (χ4n) is 2.81. The van der Waals surface area contributed by atoms with E-state index in [1.807, 2.05) is 6.26 Å². The van der Waals surface area contributed by atoms with E-state index in [1.54, 1.807) is 17.8 Å². The summed E-state index contributed by atoms with van der Waals surface area (Å²) in [5.74, 6) is -0.671. The maximum absolute atomic E-state index is 13.4. The Morgan fingerprint density at radius 3 is 2.87 bits per heavy atom. The average molecular weight is 365 g/mol. The second kappa shape index (κ2) is 10.1. The highest BCUT2D eigenvalue weighted by Gasteiger charge is 2.28. The number of hydrogen-bond donors (Lipinski definition) is 2. The van der Waals surface area contributed by atoms with Crippen LogP contribution in [0, 0.1) is 11.6 Å². The molecule has 0 radical (unpaired) electrons. The Morgan fingerprint density at radius 1 is 1.39 bits per heavy atom. The second-order valence-electron chi connectivity index (χ2n) is 5.54. The average Bonchev–Trinajstić information content (AvgIpc) is 2.51. The number of amides is 1. The molecule has 2 atom stereocenters. The monoisotopic (exact) mass is 364 g/mol. The zero-order valence-corrected chi connectivity index (χ0v) is 14.7. The molecule has 23 heavy (non-hydrogen) atoms. The van der Waals surface area contributed by atoms with Gasteiger partial charge in [0.25, 0.3) is 0 Å². The zero-order valence-electron chi connectivity index (χ0n) is 13.1. The number of halogens is 3. The van der Waals surface area contributed by atoms with Crippen molar-refractivity contribution in [2.24, 2.45) is 0 Å². The summed E-state index contributed by atoms with van der Waals surface area (Å²) < 4.78 is 26.5. The number of rotatable bonds is 6. The highest BCUT2D eigenvalue weighted by Crippen LogP contribution is 2.27. The summed E-state index contributed by atoms with van der Waals surface area (Å²) in [5.41, 5.74) is 0.745. The van der Waals surface area contributed by atoms with Gasteiger partial charge in [0.15, 0.2) is 11.6 Å². The highest BCUT2D eigenvalue weighted by atomic mass is 35.5. The molecule has 3 nitrogen and oxygen atoms in total. The van der Waals surface area contributed by atoms with Crippen molar-refractivity contribution in [1.82, 2.24) is 10.6 Å².